The monoisotopic (exact) mass is 267 g/mol. The van der Waals surface area contributed by atoms with Gasteiger partial charge in [0.25, 0.3) is 0 Å². The Kier molecular flexibility index (Phi) is 3.55. The van der Waals surface area contributed by atoms with E-state index >= 15 is 0 Å². The van der Waals surface area contributed by atoms with Crippen molar-refractivity contribution in [3.05, 3.63) is 47.7 Å². The maximum atomic E-state index is 12.5. The molecule has 1 unspecified atom stereocenters. The van der Waals surface area contributed by atoms with Crippen LogP contribution in [0.15, 0.2) is 47.1 Å². The summed E-state index contributed by atoms with van der Waals surface area (Å²) in [4.78, 5) is 15.5. The van der Waals surface area contributed by atoms with E-state index < -0.39 is 17.8 Å². The Labute approximate surface area is 108 Å². The number of halogens is 3. The molecule has 1 aromatic carbocycles. The number of hydrogen-bond acceptors (Lipinski definition) is 2. The molecule has 0 bridgehead atoms. The molecule has 0 amide bonds. The summed E-state index contributed by atoms with van der Waals surface area (Å²) in [6, 6.07) is 8.48. The van der Waals surface area contributed by atoms with Crippen LogP contribution in [0.1, 0.15) is 23.7 Å². The van der Waals surface area contributed by atoms with E-state index in [-0.39, 0.29) is 12.2 Å². The lowest BCUT2D eigenvalue weighted by Crippen LogP contribution is -2.28. The zero-order valence-corrected chi connectivity index (χ0v) is 10.2. The van der Waals surface area contributed by atoms with Crippen molar-refractivity contribution in [2.24, 2.45) is 10.9 Å². The molecule has 1 aliphatic rings. The van der Waals surface area contributed by atoms with E-state index in [9.17, 15) is 18.0 Å². The molecule has 0 radical (unpaired) electrons. The molecule has 0 N–H and O–H groups in total. The minimum absolute atomic E-state index is 0.256. The number of ketones is 1. The fourth-order valence-corrected chi connectivity index (χ4v) is 1.95. The van der Waals surface area contributed by atoms with Crippen molar-refractivity contribution in [1.82, 2.24) is 0 Å². The van der Waals surface area contributed by atoms with Crippen LogP contribution in [-0.2, 0) is 0 Å². The van der Waals surface area contributed by atoms with Crippen LogP contribution in [0.5, 0.6) is 0 Å². The van der Waals surface area contributed by atoms with Gasteiger partial charge in [0.05, 0.1) is 0 Å². The van der Waals surface area contributed by atoms with Crippen molar-refractivity contribution in [2.75, 3.05) is 0 Å². The molecule has 1 aromatic rings. The molecule has 0 spiro atoms. The van der Waals surface area contributed by atoms with Gasteiger partial charge in [-0.25, -0.2) is 0 Å². The van der Waals surface area contributed by atoms with Gasteiger partial charge in [0, 0.05) is 23.8 Å². The van der Waals surface area contributed by atoms with Gasteiger partial charge in [0.15, 0.2) is 5.78 Å². The topological polar surface area (TPSA) is 29.4 Å². The third kappa shape index (κ3) is 2.92. The predicted octanol–water partition coefficient (Wildman–Crippen LogP) is 3.80. The van der Waals surface area contributed by atoms with Crippen LogP contribution in [0, 0.1) is 5.92 Å². The Morgan fingerprint density at radius 1 is 1.26 bits per heavy atom. The highest BCUT2D eigenvalue weighted by molar-refractivity contribution is 6.10. The summed E-state index contributed by atoms with van der Waals surface area (Å²) in [7, 11) is 0. The summed E-state index contributed by atoms with van der Waals surface area (Å²) in [5.41, 5.74) is -0.0462. The van der Waals surface area contributed by atoms with Crippen LogP contribution in [0.2, 0.25) is 0 Å². The minimum atomic E-state index is -4.42. The molecule has 0 aliphatic carbocycles. The molecule has 100 valence electrons. The van der Waals surface area contributed by atoms with Gasteiger partial charge in [-0.05, 0) is 5.92 Å². The van der Waals surface area contributed by atoms with E-state index in [1.807, 2.05) is 0 Å². The first-order valence-corrected chi connectivity index (χ1v) is 5.83. The van der Waals surface area contributed by atoms with E-state index in [0.717, 1.165) is 6.20 Å². The van der Waals surface area contributed by atoms with Gasteiger partial charge < -0.3 is 0 Å². The zero-order chi connectivity index (χ0) is 14.0. The van der Waals surface area contributed by atoms with Crippen molar-refractivity contribution in [1.29, 1.82) is 0 Å². The number of nitrogens with zero attached hydrogens (tertiary/aromatic N) is 1. The molecule has 0 aromatic heterocycles. The summed E-state index contributed by atoms with van der Waals surface area (Å²) in [5, 5.41) is 0. The Bertz CT molecular complexity index is 544. The second-order valence-corrected chi connectivity index (χ2v) is 4.46. The largest absolute Gasteiger partial charge is 0.429 e. The molecular formula is C14H12F3NO. The van der Waals surface area contributed by atoms with Crippen LogP contribution < -0.4 is 0 Å². The van der Waals surface area contributed by atoms with Crippen molar-refractivity contribution < 1.29 is 18.0 Å². The molecule has 1 aliphatic heterocycles. The first-order valence-electron chi connectivity index (χ1n) is 5.83. The fraction of sp³-hybridized carbons (Fsp3) is 0.286. The zero-order valence-electron chi connectivity index (χ0n) is 10.2. The molecular weight excluding hydrogens is 255 g/mol. The SMILES string of the molecule is CC1CC(C(F)(F)F)=NC=C1C(=O)c1ccccc1. The molecule has 2 rings (SSSR count). The Morgan fingerprint density at radius 2 is 1.89 bits per heavy atom. The molecule has 0 saturated heterocycles. The number of hydrogen-bond donors (Lipinski definition) is 0. The number of rotatable bonds is 2. The Morgan fingerprint density at radius 3 is 2.42 bits per heavy atom. The third-order valence-corrected chi connectivity index (χ3v) is 3.02. The number of carbonyl (C=O) groups excluding carboxylic acids is 1. The van der Waals surface area contributed by atoms with Gasteiger partial charge in [-0.3, -0.25) is 9.79 Å². The molecule has 1 atom stereocenters. The molecule has 1 heterocycles. The second kappa shape index (κ2) is 4.99. The average molecular weight is 267 g/mol. The normalized spacial score (nSPS) is 19.7. The van der Waals surface area contributed by atoms with Crippen LogP contribution in [0.4, 0.5) is 13.2 Å². The summed E-state index contributed by atoms with van der Waals surface area (Å²) < 4.78 is 37.6. The quantitative estimate of drug-likeness (QED) is 0.749. The van der Waals surface area contributed by atoms with E-state index in [4.69, 9.17) is 0 Å². The van der Waals surface area contributed by atoms with E-state index in [1.165, 1.54) is 0 Å². The summed E-state index contributed by atoms with van der Waals surface area (Å²) >= 11 is 0. The van der Waals surface area contributed by atoms with Gasteiger partial charge in [0.1, 0.15) is 5.71 Å². The first-order chi connectivity index (χ1) is 8.89. The number of alkyl halides is 3. The maximum absolute atomic E-state index is 12.5. The standard InChI is InChI=1S/C14H12F3NO/c1-9-7-12(14(15,16)17)18-8-11(9)13(19)10-5-3-2-4-6-10/h2-6,8-9H,7H2,1H3. The highest BCUT2D eigenvalue weighted by Crippen LogP contribution is 2.30. The van der Waals surface area contributed by atoms with Gasteiger partial charge in [-0.2, -0.15) is 13.2 Å². The van der Waals surface area contributed by atoms with E-state index in [0.29, 0.717) is 11.1 Å². The van der Waals surface area contributed by atoms with Crippen LogP contribution in [0.25, 0.3) is 0 Å². The van der Waals surface area contributed by atoms with E-state index in [2.05, 4.69) is 4.99 Å². The van der Waals surface area contributed by atoms with Crippen LogP contribution in [0.3, 0.4) is 0 Å². The fourth-order valence-electron chi connectivity index (χ4n) is 1.95. The smallest absolute Gasteiger partial charge is 0.289 e. The lowest BCUT2D eigenvalue weighted by molar-refractivity contribution is -0.0611. The minimum Gasteiger partial charge on any atom is -0.289 e. The number of allylic oxidation sites excluding steroid dienone is 1. The highest BCUT2D eigenvalue weighted by Gasteiger charge is 2.38. The number of benzene rings is 1. The average Bonchev–Trinajstić information content (AvgIpc) is 2.38. The summed E-state index contributed by atoms with van der Waals surface area (Å²) in [6.07, 6.45) is -3.63. The second-order valence-electron chi connectivity index (χ2n) is 4.46. The van der Waals surface area contributed by atoms with E-state index in [1.54, 1.807) is 37.3 Å². The van der Waals surface area contributed by atoms with Gasteiger partial charge in [-0.1, -0.05) is 37.3 Å². The van der Waals surface area contributed by atoms with Crippen molar-refractivity contribution in [3.8, 4) is 0 Å². The lowest BCUT2D eigenvalue weighted by Gasteiger charge is -2.21. The maximum Gasteiger partial charge on any atom is 0.429 e. The van der Waals surface area contributed by atoms with Crippen molar-refractivity contribution in [3.63, 3.8) is 0 Å². The predicted molar refractivity (Wildman–Crippen MR) is 66.1 cm³/mol. The first kappa shape index (κ1) is 13.5. The van der Waals surface area contributed by atoms with Crippen molar-refractivity contribution >= 4 is 11.5 Å². The third-order valence-electron chi connectivity index (χ3n) is 3.02. The molecule has 0 saturated carbocycles. The number of aliphatic imine (C=N–C) groups is 1. The van der Waals surface area contributed by atoms with Gasteiger partial charge >= 0.3 is 6.18 Å². The number of carbonyl (C=O) groups is 1. The van der Waals surface area contributed by atoms with Crippen LogP contribution >= 0.6 is 0 Å². The summed E-state index contributed by atoms with van der Waals surface area (Å²) in [6.45, 7) is 1.60. The number of Topliss-reactive ketones (excluding diaryl/α,β-unsaturated/α-hetero) is 1. The van der Waals surface area contributed by atoms with Crippen molar-refractivity contribution in [2.45, 2.75) is 19.5 Å². The van der Waals surface area contributed by atoms with Gasteiger partial charge in [0.2, 0.25) is 0 Å². The highest BCUT2D eigenvalue weighted by atomic mass is 19.4. The Balaban J connectivity index is 2.29. The molecule has 0 fully saturated rings. The van der Waals surface area contributed by atoms with Gasteiger partial charge in [-0.15, -0.1) is 0 Å². The Hall–Kier alpha value is -1.91. The lowest BCUT2D eigenvalue weighted by atomic mass is 9.88. The molecule has 5 heteroatoms. The molecule has 2 nitrogen and oxygen atoms in total. The van der Waals surface area contributed by atoms with Crippen LogP contribution in [-0.4, -0.2) is 17.7 Å². The summed E-state index contributed by atoms with van der Waals surface area (Å²) in [5.74, 6) is -0.750. The molecule has 19 heavy (non-hydrogen) atoms.